The van der Waals surface area contributed by atoms with Crippen molar-refractivity contribution in [3.8, 4) is 29.9 Å². The van der Waals surface area contributed by atoms with Crippen molar-refractivity contribution in [3.63, 3.8) is 0 Å². The third-order valence-electron chi connectivity index (χ3n) is 5.01. The van der Waals surface area contributed by atoms with Gasteiger partial charge < -0.3 is 19.3 Å². The first-order valence-corrected chi connectivity index (χ1v) is 11.1. The maximum Gasteiger partial charge on any atom is 0.264 e. The summed E-state index contributed by atoms with van der Waals surface area (Å²) in [5.41, 5.74) is 1.85. The van der Waals surface area contributed by atoms with Crippen molar-refractivity contribution in [1.82, 2.24) is 4.90 Å². The summed E-state index contributed by atoms with van der Waals surface area (Å²) in [7, 11) is 0. The number of nitriles is 1. The van der Waals surface area contributed by atoms with E-state index in [-0.39, 0.29) is 18.1 Å². The van der Waals surface area contributed by atoms with Crippen LogP contribution in [-0.2, 0) is 4.79 Å². The Bertz CT molecular complexity index is 1060. The number of nitrogens with zero attached hydrogens (tertiary/aromatic N) is 3. The second-order valence-electron chi connectivity index (χ2n) is 7.03. The Morgan fingerprint density at radius 2 is 1.84 bits per heavy atom. The van der Waals surface area contributed by atoms with Crippen molar-refractivity contribution < 1.29 is 14.3 Å². The lowest BCUT2D eigenvalue weighted by molar-refractivity contribution is -0.126. The molecule has 0 spiro atoms. The SMILES string of the molecule is C#CCOc1cc(Br)c(C=C(C#N)C(=O)N2CCN(c3ccccc3)CC2)cc1OCC. The van der Waals surface area contributed by atoms with E-state index in [0.29, 0.717) is 54.3 Å². The number of ether oxygens (including phenoxy) is 2. The van der Waals surface area contributed by atoms with Gasteiger partial charge in [-0.25, -0.2) is 0 Å². The zero-order valence-corrected chi connectivity index (χ0v) is 19.5. The molecule has 1 aliphatic rings. The smallest absolute Gasteiger partial charge is 0.264 e. The van der Waals surface area contributed by atoms with Gasteiger partial charge in [-0.2, -0.15) is 5.26 Å². The summed E-state index contributed by atoms with van der Waals surface area (Å²) in [5, 5.41) is 9.68. The van der Waals surface area contributed by atoms with Crippen molar-refractivity contribution in [2.75, 3.05) is 44.3 Å². The highest BCUT2D eigenvalue weighted by Crippen LogP contribution is 2.35. The van der Waals surface area contributed by atoms with Gasteiger partial charge in [0, 0.05) is 36.3 Å². The standard InChI is InChI=1S/C25H24BrN3O3/c1-3-14-32-24-17-22(26)19(16-23(24)31-4-2)15-20(18-27)25(30)29-12-10-28(11-13-29)21-8-6-5-7-9-21/h1,5-9,15-17H,4,10-14H2,2H3. The number of carbonyl (C=O) groups excluding carboxylic acids is 1. The minimum atomic E-state index is -0.280. The third kappa shape index (κ3) is 5.63. The van der Waals surface area contributed by atoms with E-state index in [0.717, 1.165) is 5.69 Å². The molecule has 0 bridgehead atoms. The lowest BCUT2D eigenvalue weighted by atomic mass is 10.1. The Kier molecular flexibility index (Phi) is 8.19. The monoisotopic (exact) mass is 493 g/mol. The Hall–Kier alpha value is -3.42. The quantitative estimate of drug-likeness (QED) is 0.329. The van der Waals surface area contributed by atoms with Crippen molar-refractivity contribution >= 4 is 33.6 Å². The molecule has 0 aliphatic carbocycles. The molecule has 7 heteroatoms. The second kappa shape index (κ2) is 11.3. The Labute approximate surface area is 197 Å². The highest BCUT2D eigenvalue weighted by molar-refractivity contribution is 9.10. The van der Waals surface area contributed by atoms with Crippen LogP contribution in [0.5, 0.6) is 11.5 Å². The molecule has 0 atom stereocenters. The second-order valence-corrected chi connectivity index (χ2v) is 7.89. The molecule has 32 heavy (non-hydrogen) atoms. The molecular formula is C25H24BrN3O3. The van der Waals surface area contributed by atoms with Crippen LogP contribution in [0.1, 0.15) is 12.5 Å². The first-order valence-electron chi connectivity index (χ1n) is 10.3. The summed E-state index contributed by atoms with van der Waals surface area (Å²) in [4.78, 5) is 17.0. The highest BCUT2D eigenvalue weighted by Gasteiger charge is 2.24. The van der Waals surface area contributed by atoms with Gasteiger partial charge >= 0.3 is 0 Å². The number of halogens is 1. The number of rotatable bonds is 7. The van der Waals surface area contributed by atoms with Crippen LogP contribution in [0.15, 0.2) is 52.5 Å². The van der Waals surface area contributed by atoms with Crippen molar-refractivity contribution in [2.45, 2.75) is 6.92 Å². The van der Waals surface area contributed by atoms with E-state index in [2.05, 4.69) is 45.0 Å². The predicted octanol–water partition coefficient (Wildman–Crippen LogP) is 4.12. The Balaban J connectivity index is 1.77. The lowest BCUT2D eigenvalue weighted by Gasteiger charge is -2.36. The summed E-state index contributed by atoms with van der Waals surface area (Å²) < 4.78 is 11.9. The van der Waals surface area contributed by atoms with Crippen LogP contribution in [0.2, 0.25) is 0 Å². The van der Waals surface area contributed by atoms with Gasteiger partial charge in [-0.15, -0.1) is 6.42 Å². The largest absolute Gasteiger partial charge is 0.490 e. The summed E-state index contributed by atoms with van der Waals surface area (Å²) in [5.74, 6) is 3.14. The van der Waals surface area contributed by atoms with E-state index in [9.17, 15) is 10.1 Å². The molecule has 0 radical (unpaired) electrons. The molecular weight excluding hydrogens is 470 g/mol. The number of piperazine rings is 1. The number of hydrogen-bond donors (Lipinski definition) is 0. The summed E-state index contributed by atoms with van der Waals surface area (Å²) in [6.07, 6.45) is 6.85. The minimum absolute atomic E-state index is 0.0682. The zero-order chi connectivity index (χ0) is 22.9. The van der Waals surface area contributed by atoms with Gasteiger partial charge in [0.25, 0.3) is 5.91 Å². The number of anilines is 1. The fraction of sp³-hybridized carbons (Fsp3) is 0.280. The van der Waals surface area contributed by atoms with Gasteiger partial charge in [-0.1, -0.05) is 40.0 Å². The van der Waals surface area contributed by atoms with Gasteiger partial charge in [-0.05, 0) is 42.8 Å². The number of hydrogen-bond acceptors (Lipinski definition) is 5. The molecule has 0 N–H and O–H groups in total. The van der Waals surface area contributed by atoms with Crippen LogP contribution in [0.3, 0.4) is 0 Å². The summed E-state index contributed by atoms with van der Waals surface area (Å²) in [6, 6.07) is 15.6. The van der Waals surface area contributed by atoms with Crippen LogP contribution in [0.4, 0.5) is 5.69 Å². The average molecular weight is 494 g/mol. The van der Waals surface area contributed by atoms with Gasteiger partial charge in [-0.3, -0.25) is 4.79 Å². The van der Waals surface area contributed by atoms with E-state index >= 15 is 0 Å². The van der Waals surface area contributed by atoms with Crippen molar-refractivity contribution in [2.24, 2.45) is 0 Å². The van der Waals surface area contributed by atoms with Crippen LogP contribution < -0.4 is 14.4 Å². The van der Waals surface area contributed by atoms with E-state index in [1.165, 1.54) is 0 Å². The van der Waals surface area contributed by atoms with Crippen LogP contribution >= 0.6 is 15.9 Å². The topological polar surface area (TPSA) is 65.8 Å². The predicted molar refractivity (Wildman–Crippen MR) is 128 cm³/mol. The maximum atomic E-state index is 13.0. The Morgan fingerprint density at radius 3 is 2.47 bits per heavy atom. The molecule has 3 rings (SSSR count). The number of amides is 1. The van der Waals surface area contributed by atoms with Gasteiger partial charge in [0.2, 0.25) is 0 Å². The fourth-order valence-electron chi connectivity index (χ4n) is 3.44. The van der Waals surface area contributed by atoms with Crippen LogP contribution in [-0.4, -0.2) is 50.2 Å². The third-order valence-corrected chi connectivity index (χ3v) is 5.70. The molecule has 164 valence electrons. The van der Waals surface area contributed by atoms with E-state index < -0.39 is 0 Å². The molecule has 0 saturated carbocycles. The first-order chi connectivity index (χ1) is 15.6. The number of para-hydroxylation sites is 1. The molecule has 0 aromatic heterocycles. The molecule has 1 heterocycles. The Morgan fingerprint density at radius 1 is 1.16 bits per heavy atom. The molecule has 1 fully saturated rings. The van der Waals surface area contributed by atoms with E-state index in [4.69, 9.17) is 15.9 Å². The normalized spacial score (nSPS) is 13.8. The summed E-state index contributed by atoms with van der Waals surface area (Å²) in [6.45, 7) is 4.95. The van der Waals surface area contributed by atoms with Crippen LogP contribution in [0.25, 0.3) is 6.08 Å². The molecule has 0 unspecified atom stereocenters. The van der Waals surface area contributed by atoms with E-state index in [1.54, 1.807) is 23.1 Å². The molecule has 2 aromatic rings. The van der Waals surface area contributed by atoms with Crippen molar-refractivity contribution in [3.05, 3.63) is 58.1 Å². The highest BCUT2D eigenvalue weighted by atomic mass is 79.9. The minimum Gasteiger partial charge on any atom is -0.490 e. The number of benzene rings is 2. The van der Waals surface area contributed by atoms with Gasteiger partial charge in [0.05, 0.1) is 6.61 Å². The lowest BCUT2D eigenvalue weighted by Crippen LogP contribution is -2.49. The molecule has 1 saturated heterocycles. The van der Waals surface area contributed by atoms with Gasteiger partial charge in [0.1, 0.15) is 18.2 Å². The number of carbonyl (C=O) groups is 1. The fourth-order valence-corrected chi connectivity index (χ4v) is 3.87. The van der Waals surface area contributed by atoms with Crippen LogP contribution in [0, 0.1) is 23.7 Å². The molecule has 2 aromatic carbocycles. The molecule has 1 aliphatic heterocycles. The maximum absolute atomic E-state index is 13.0. The summed E-state index contributed by atoms with van der Waals surface area (Å²) >= 11 is 3.49. The number of terminal acetylenes is 1. The first kappa shape index (κ1) is 23.2. The van der Waals surface area contributed by atoms with Gasteiger partial charge in [0.15, 0.2) is 11.5 Å². The van der Waals surface area contributed by atoms with E-state index in [1.807, 2.05) is 25.1 Å². The molecule has 1 amide bonds. The zero-order valence-electron chi connectivity index (χ0n) is 17.9. The average Bonchev–Trinajstić information content (AvgIpc) is 2.83. The van der Waals surface area contributed by atoms with Crippen molar-refractivity contribution in [1.29, 1.82) is 5.26 Å². The molecule has 6 nitrogen and oxygen atoms in total.